The van der Waals surface area contributed by atoms with Crippen LogP contribution in [0.3, 0.4) is 0 Å². The predicted molar refractivity (Wildman–Crippen MR) is 78.0 cm³/mol. The van der Waals surface area contributed by atoms with Crippen LogP contribution in [0.25, 0.3) is 11.1 Å². The molecule has 98 valence electrons. The van der Waals surface area contributed by atoms with Crippen LogP contribution in [0.15, 0.2) is 73.3 Å². The third-order valence-electron chi connectivity index (χ3n) is 3.23. The maximum Gasteiger partial charge on any atom is 0.115 e. The average Bonchev–Trinajstić information content (AvgIpc) is 2.56. The summed E-state index contributed by atoms with van der Waals surface area (Å²) in [5.74, 6) is 0. The van der Waals surface area contributed by atoms with Crippen molar-refractivity contribution >= 4 is 0 Å². The van der Waals surface area contributed by atoms with Crippen LogP contribution >= 0.6 is 0 Å². The van der Waals surface area contributed by atoms with E-state index in [0.717, 1.165) is 16.7 Å². The third kappa shape index (κ3) is 2.58. The lowest BCUT2D eigenvalue weighted by molar-refractivity contribution is 0.219. The molecule has 3 rings (SSSR count). The fraction of sp³-hybridized carbons (Fsp3) is 0.0588. The van der Waals surface area contributed by atoms with Gasteiger partial charge in [-0.05, 0) is 16.7 Å². The molecule has 0 bridgehead atoms. The normalized spacial score (nSPS) is 12.1. The van der Waals surface area contributed by atoms with Gasteiger partial charge in [-0.2, -0.15) is 0 Å². The van der Waals surface area contributed by atoms with E-state index in [1.165, 1.54) is 6.33 Å². The summed E-state index contributed by atoms with van der Waals surface area (Å²) in [7, 11) is 0. The van der Waals surface area contributed by atoms with Crippen LogP contribution in [-0.2, 0) is 0 Å². The molecule has 0 fully saturated rings. The first-order valence-electron chi connectivity index (χ1n) is 6.43. The van der Waals surface area contributed by atoms with Crippen LogP contribution in [0.2, 0.25) is 0 Å². The van der Waals surface area contributed by atoms with Crippen molar-refractivity contribution in [3.8, 4) is 11.1 Å². The van der Waals surface area contributed by atoms with Crippen molar-refractivity contribution in [1.82, 2.24) is 9.97 Å². The third-order valence-corrected chi connectivity index (χ3v) is 3.23. The molecule has 20 heavy (non-hydrogen) atoms. The number of aliphatic hydroxyl groups is 1. The van der Waals surface area contributed by atoms with Crippen molar-refractivity contribution in [1.29, 1.82) is 0 Å². The molecule has 0 amide bonds. The number of nitrogens with zero attached hydrogens (tertiary/aromatic N) is 2. The van der Waals surface area contributed by atoms with Gasteiger partial charge in [-0.3, -0.25) is 0 Å². The maximum absolute atomic E-state index is 10.3. The molecule has 3 heteroatoms. The number of hydrogen-bond donors (Lipinski definition) is 1. The van der Waals surface area contributed by atoms with Crippen molar-refractivity contribution in [2.75, 3.05) is 0 Å². The molecule has 3 nitrogen and oxygen atoms in total. The Labute approximate surface area is 117 Å². The second kappa shape index (κ2) is 5.63. The van der Waals surface area contributed by atoms with Crippen LogP contribution in [0, 0.1) is 0 Å². The lowest BCUT2D eigenvalue weighted by Gasteiger charge is -2.11. The van der Waals surface area contributed by atoms with Crippen LogP contribution in [0.4, 0.5) is 0 Å². The van der Waals surface area contributed by atoms with Gasteiger partial charge >= 0.3 is 0 Å². The average molecular weight is 262 g/mol. The Bertz CT molecular complexity index is 666. The van der Waals surface area contributed by atoms with Gasteiger partial charge in [0.2, 0.25) is 0 Å². The number of aliphatic hydroxyl groups excluding tert-OH is 1. The molecule has 0 aliphatic heterocycles. The van der Waals surface area contributed by atoms with E-state index < -0.39 is 6.10 Å². The smallest absolute Gasteiger partial charge is 0.115 e. The Hall–Kier alpha value is -2.52. The van der Waals surface area contributed by atoms with Crippen molar-refractivity contribution in [2.45, 2.75) is 6.10 Å². The standard InChI is InChI=1S/C17H14N2O/c20-17(16-10-18-12-19-11-16)15-8-6-14(7-9-15)13-4-2-1-3-5-13/h1-12,17,20H. The molecule has 0 saturated heterocycles. The van der Waals surface area contributed by atoms with Crippen LogP contribution in [0.5, 0.6) is 0 Å². The molecule has 0 radical (unpaired) electrons. The molecule has 1 heterocycles. The minimum Gasteiger partial charge on any atom is -0.384 e. The summed E-state index contributed by atoms with van der Waals surface area (Å²) in [6.45, 7) is 0. The predicted octanol–water partition coefficient (Wildman–Crippen LogP) is 3.23. The number of hydrogen-bond acceptors (Lipinski definition) is 3. The second-order valence-electron chi connectivity index (χ2n) is 4.56. The van der Waals surface area contributed by atoms with Gasteiger partial charge in [0.25, 0.3) is 0 Å². The highest BCUT2D eigenvalue weighted by Crippen LogP contribution is 2.24. The minimum absolute atomic E-state index is 0.693. The Morgan fingerprint density at radius 1 is 0.700 bits per heavy atom. The molecular formula is C17H14N2O. The fourth-order valence-electron chi connectivity index (χ4n) is 2.13. The monoisotopic (exact) mass is 262 g/mol. The SMILES string of the molecule is OC(c1ccc(-c2ccccc2)cc1)c1cncnc1. The maximum atomic E-state index is 10.3. The van der Waals surface area contributed by atoms with E-state index in [9.17, 15) is 5.11 Å². The largest absolute Gasteiger partial charge is 0.384 e. The lowest BCUT2D eigenvalue weighted by atomic mass is 10.00. The molecule has 0 spiro atoms. The van der Waals surface area contributed by atoms with Gasteiger partial charge in [0.05, 0.1) is 0 Å². The Balaban J connectivity index is 1.87. The van der Waals surface area contributed by atoms with Crippen molar-refractivity contribution in [2.24, 2.45) is 0 Å². The van der Waals surface area contributed by atoms with Crippen LogP contribution in [0.1, 0.15) is 17.2 Å². The summed E-state index contributed by atoms with van der Waals surface area (Å²) in [4.78, 5) is 7.85. The van der Waals surface area contributed by atoms with E-state index in [1.54, 1.807) is 12.4 Å². The molecule has 0 aliphatic rings. The zero-order chi connectivity index (χ0) is 13.8. The lowest BCUT2D eigenvalue weighted by Crippen LogP contribution is -2.00. The highest BCUT2D eigenvalue weighted by atomic mass is 16.3. The Kier molecular flexibility index (Phi) is 3.52. The zero-order valence-corrected chi connectivity index (χ0v) is 10.8. The van der Waals surface area contributed by atoms with Gasteiger partial charge in [0, 0.05) is 18.0 Å². The summed E-state index contributed by atoms with van der Waals surface area (Å²) in [6.07, 6.45) is 4.02. The first-order valence-corrected chi connectivity index (χ1v) is 6.43. The topological polar surface area (TPSA) is 46.0 Å². The molecule has 3 aromatic rings. The van der Waals surface area contributed by atoms with Gasteiger partial charge in [0.15, 0.2) is 0 Å². The number of benzene rings is 2. The van der Waals surface area contributed by atoms with E-state index in [2.05, 4.69) is 22.1 Å². The van der Waals surface area contributed by atoms with Crippen molar-refractivity contribution < 1.29 is 5.11 Å². The molecule has 1 unspecified atom stereocenters. The molecule has 1 aromatic heterocycles. The summed E-state index contributed by atoms with van der Waals surface area (Å²) in [5, 5.41) is 10.3. The molecule has 2 aromatic carbocycles. The second-order valence-corrected chi connectivity index (χ2v) is 4.56. The molecule has 1 N–H and O–H groups in total. The first kappa shape index (κ1) is 12.5. The molecular weight excluding hydrogens is 248 g/mol. The van der Waals surface area contributed by atoms with Gasteiger partial charge in [-0.15, -0.1) is 0 Å². The first-order chi connectivity index (χ1) is 9.84. The van der Waals surface area contributed by atoms with E-state index in [0.29, 0.717) is 5.56 Å². The van der Waals surface area contributed by atoms with E-state index >= 15 is 0 Å². The van der Waals surface area contributed by atoms with Gasteiger partial charge in [0.1, 0.15) is 12.4 Å². The summed E-state index contributed by atoms with van der Waals surface area (Å²) in [5.41, 5.74) is 3.82. The number of aromatic nitrogens is 2. The molecule has 0 aliphatic carbocycles. The van der Waals surface area contributed by atoms with E-state index in [1.807, 2.05) is 42.5 Å². The van der Waals surface area contributed by atoms with E-state index in [4.69, 9.17) is 0 Å². The quantitative estimate of drug-likeness (QED) is 0.788. The molecule has 0 saturated carbocycles. The Morgan fingerprint density at radius 3 is 1.95 bits per heavy atom. The zero-order valence-electron chi connectivity index (χ0n) is 10.8. The van der Waals surface area contributed by atoms with Gasteiger partial charge in [-0.25, -0.2) is 9.97 Å². The highest BCUT2D eigenvalue weighted by Gasteiger charge is 2.10. The summed E-state index contributed by atoms with van der Waals surface area (Å²) < 4.78 is 0. The Morgan fingerprint density at radius 2 is 1.30 bits per heavy atom. The highest BCUT2D eigenvalue weighted by molar-refractivity contribution is 5.63. The fourth-order valence-corrected chi connectivity index (χ4v) is 2.13. The van der Waals surface area contributed by atoms with Crippen LogP contribution in [-0.4, -0.2) is 15.1 Å². The van der Waals surface area contributed by atoms with Gasteiger partial charge < -0.3 is 5.11 Å². The van der Waals surface area contributed by atoms with Crippen molar-refractivity contribution in [3.63, 3.8) is 0 Å². The van der Waals surface area contributed by atoms with E-state index in [-0.39, 0.29) is 0 Å². The van der Waals surface area contributed by atoms with Crippen LogP contribution < -0.4 is 0 Å². The number of rotatable bonds is 3. The minimum atomic E-state index is -0.693. The summed E-state index contributed by atoms with van der Waals surface area (Å²) >= 11 is 0. The summed E-state index contributed by atoms with van der Waals surface area (Å²) in [6, 6.07) is 18.0. The van der Waals surface area contributed by atoms with Gasteiger partial charge in [-0.1, -0.05) is 54.6 Å². The molecule has 1 atom stereocenters. The van der Waals surface area contributed by atoms with Crippen molar-refractivity contribution in [3.05, 3.63) is 84.4 Å².